The van der Waals surface area contributed by atoms with E-state index < -0.39 is 34.3 Å². The molecule has 0 fully saturated rings. The molecule has 1 N–H and O–H groups in total. The highest BCUT2D eigenvalue weighted by molar-refractivity contribution is 5.71. The standard InChI is InChI=1S/C32H34F6N2/c1-21(29(2,3)24-19-22(31(33,34)35)15-17-26(24)39-6)13-11-9-8-10-12-14-28-30(4,5)25-20-23(32(36,37)38)16-18-27(25)40(28)7/h8-20,39H,1H2,2-7H3/b9-8+,12-10+,13-11+,28-14+. The largest absolute Gasteiger partial charge is 0.416 e. The Hall–Kier alpha value is -3.68. The molecule has 0 atom stereocenters. The summed E-state index contributed by atoms with van der Waals surface area (Å²) in [6.45, 7) is 11.5. The van der Waals surface area contributed by atoms with E-state index in [2.05, 4.69) is 11.9 Å². The number of fused-ring (bicyclic) bond motifs is 1. The lowest BCUT2D eigenvalue weighted by Gasteiger charge is -2.29. The van der Waals surface area contributed by atoms with E-state index in [1.165, 1.54) is 18.2 Å². The third kappa shape index (κ3) is 6.21. The van der Waals surface area contributed by atoms with Gasteiger partial charge in [-0.3, -0.25) is 0 Å². The first-order chi connectivity index (χ1) is 18.4. The van der Waals surface area contributed by atoms with Crippen molar-refractivity contribution in [3.8, 4) is 0 Å². The van der Waals surface area contributed by atoms with Crippen molar-refractivity contribution < 1.29 is 26.3 Å². The molecule has 2 aromatic rings. The van der Waals surface area contributed by atoms with Gasteiger partial charge < -0.3 is 10.2 Å². The minimum Gasteiger partial charge on any atom is -0.388 e. The van der Waals surface area contributed by atoms with Crippen LogP contribution in [0.1, 0.15) is 49.9 Å². The second kappa shape index (κ2) is 11.1. The summed E-state index contributed by atoms with van der Waals surface area (Å²) in [5.41, 5.74) is 1.15. The summed E-state index contributed by atoms with van der Waals surface area (Å²) >= 11 is 0. The van der Waals surface area contributed by atoms with E-state index in [0.717, 1.165) is 29.6 Å². The molecule has 0 amide bonds. The number of hydrogen-bond acceptors (Lipinski definition) is 2. The van der Waals surface area contributed by atoms with Crippen LogP contribution in [0.3, 0.4) is 0 Å². The van der Waals surface area contributed by atoms with Gasteiger partial charge in [0, 0.05) is 42.0 Å². The highest BCUT2D eigenvalue weighted by Crippen LogP contribution is 2.48. The Bertz CT molecular complexity index is 1390. The number of hydrogen-bond donors (Lipinski definition) is 1. The SMILES string of the molecule is C=C(/C=C/C=C/C=C/C=C1/N(C)c2ccc(C(F)(F)F)cc2C1(C)C)C(C)(C)c1cc(C(F)(F)F)ccc1NC. The van der Waals surface area contributed by atoms with E-state index in [0.29, 0.717) is 22.4 Å². The van der Waals surface area contributed by atoms with Crippen molar-refractivity contribution in [3.05, 3.63) is 119 Å². The van der Waals surface area contributed by atoms with Gasteiger partial charge in [0.15, 0.2) is 0 Å². The minimum atomic E-state index is -4.45. The van der Waals surface area contributed by atoms with Crippen LogP contribution in [0, 0.1) is 0 Å². The fourth-order valence-corrected chi connectivity index (χ4v) is 4.86. The van der Waals surface area contributed by atoms with Gasteiger partial charge in [0.1, 0.15) is 0 Å². The molecule has 0 aliphatic carbocycles. The van der Waals surface area contributed by atoms with Gasteiger partial charge in [-0.1, -0.05) is 70.7 Å². The Balaban J connectivity index is 1.73. The van der Waals surface area contributed by atoms with Gasteiger partial charge in [-0.2, -0.15) is 26.3 Å². The van der Waals surface area contributed by atoms with Crippen LogP contribution in [0.4, 0.5) is 37.7 Å². The number of nitrogens with one attached hydrogen (secondary N) is 1. The second-order valence-electron chi connectivity index (χ2n) is 10.8. The number of allylic oxidation sites excluding steroid dienone is 9. The molecule has 0 unspecified atom stereocenters. The number of likely N-dealkylation sites (N-methyl/N-ethyl adjacent to an activating group) is 1. The second-order valence-corrected chi connectivity index (χ2v) is 10.8. The number of benzene rings is 2. The van der Waals surface area contributed by atoms with Crippen LogP contribution in [0.25, 0.3) is 0 Å². The van der Waals surface area contributed by atoms with Crippen LogP contribution in [-0.2, 0) is 23.2 Å². The predicted octanol–water partition coefficient (Wildman–Crippen LogP) is 9.58. The van der Waals surface area contributed by atoms with Crippen LogP contribution in [0.5, 0.6) is 0 Å². The van der Waals surface area contributed by atoms with Crippen LogP contribution >= 0.6 is 0 Å². The van der Waals surface area contributed by atoms with E-state index in [1.807, 2.05) is 51.8 Å². The summed E-state index contributed by atoms with van der Waals surface area (Å²) in [5, 5.41) is 2.96. The first-order valence-electron chi connectivity index (χ1n) is 12.7. The molecule has 214 valence electrons. The zero-order chi connectivity index (χ0) is 30.1. The molecule has 0 bridgehead atoms. The molecule has 40 heavy (non-hydrogen) atoms. The van der Waals surface area contributed by atoms with Crippen molar-refractivity contribution in [3.63, 3.8) is 0 Å². The minimum absolute atomic E-state index is 0.488. The normalized spacial score (nSPS) is 17.0. The predicted molar refractivity (Wildman–Crippen MR) is 152 cm³/mol. The highest BCUT2D eigenvalue weighted by atomic mass is 19.4. The van der Waals surface area contributed by atoms with E-state index >= 15 is 0 Å². The van der Waals surface area contributed by atoms with E-state index in [9.17, 15) is 26.3 Å². The number of alkyl halides is 6. The Labute approximate surface area is 232 Å². The molecule has 0 saturated heterocycles. The topological polar surface area (TPSA) is 15.3 Å². The fourth-order valence-electron chi connectivity index (χ4n) is 4.86. The van der Waals surface area contributed by atoms with Gasteiger partial charge in [0.05, 0.1) is 11.1 Å². The Morgan fingerprint density at radius 2 is 1.40 bits per heavy atom. The van der Waals surface area contributed by atoms with Crippen molar-refractivity contribution >= 4 is 11.4 Å². The summed E-state index contributed by atoms with van der Waals surface area (Å²) in [4.78, 5) is 1.89. The number of nitrogens with zero attached hydrogens (tertiary/aromatic N) is 1. The van der Waals surface area contributed by atoms with Crippen LogP contribution < -0.4 is 10.2 Å². The lowest BCUT2D eigenvalue weighted by molar-refractivity contribution is -0.138. The molecule has 1 heterocycles. The molecular formula is C32H34F6N2. The van der Waals surface area contributed by atoms with Gasteiger partial charge in [0.2, 0.25) is 0 Å². The van der Waals surface area contributed by atoms with Gasteiger partial charge in [-0.05, 0) is 59.2 Å². The Kier molecular flexibility index (Phi) is 8.53. The maximum atomic E-state index is 13.3. The number of rotatable bonds is 7. The quantitative estimate of drug-likeness (QED) is 0.268. The van der Waals surface area contributed by atoms with Crippen molar-refractivity contribution in [2.75, 3.05) is 24.3 Å². The molecule has 2 aromatic carbocycles. The van der Waals surface area contributed by atoms with Gasteiger partial charge >= 0.3 is 12.4 Å². The summed E-state index contributed by atoms with van der Waals surface area (Å²) in [5.74, 6) is 0. The lowest BCUT2D eigenvalue weighted by atomic mass is 9.76. The molecular weight excluding hydrogens is 526 g/mol. The van der Waals surface area contributed by atoms with Crippen molar-refractivity contribution in [2.45, 2.75) is 50.9 Å². The molecule has 1 aliphatic rings. The molecule has 0 radical (unpaired) electrons. The average molecular weight is 561 g/mol. The summed E-state index contributed by atoms with van der Waals surface area (Å²) < 4.78 is 79.7. The molecule has 0 saturated carbocycles. The van der Waals surface area contributed by atoms with Gasteiger partial charge in [-0.15, -0.1) is 0 Å². The van der Waals surface area contributed by atoms with Gasteiger partial charge in [0.25, 0.3) is 0 Å². The summed E-state index contributed by atoms with van der Waals surface area (Å²) in [7, 11) is 3.49. The lowest BCUT2D eigenvalue weighted by Crippen LogP contribution is -2.22. The third-order valence-electron chi connectivity index (χ3n) is 7.45. The first kappa shape index (κ1) is 30.9. The fraction of sp³-hybridized carbons (Fsp3) is 0.312. The zero-order valence-corrected chi connectivity index (χ0v) is 23.4. The number of anilines is 2. The molecule has 3 rings (SSSR count). The first-order valence-corrected chi connectivity index (χ1v) is 12.7. The molecule has 0 spiro atoms. The smallest absolute Gasteiger partial charge is 0.388 e. The molecule has 1 aliphatic heterocycles. The van der Waals surface area contributed by atoms with E-state index in [-0.39, 0.29) is 0 Å². The summed E-state index contributed by atoms with van der Waals surface area (Å²) in [6.07, 6.45) is 3.70. The molecule has 2 nitrogen and oxygen atoms in total. The third-order valence-corrected chi connectivity index (χ3v) is 7.45. The van der Waals surface area contributed by atoms with Crippen molar-refractivity contribution in [1.29, 1.82) is 0 Å². The Morgan fingerprint density at radius 1 is 0.850 bits per heavy atom. The summed E-state index contributed by atoms with van der Waals surface area (Å²) in [6, 6.07) is 7.45. The number of halogens is 6. The van der Waals surface area contributed by atoms with Crippen molar-refractivity contribution in [2.24, 2.45) is 0 Å². The highest BCUT2D eigenvalue weighted by Gasteiger charge is 2.41. The van der Waals surface area contributed by atoms with Crippen LogP contribution in [0.15, 0.2) is 96.8 Å². The van der Waals surface area contributed by atoms with E-state index in [1.54, 1.807) is 37.4 Å². The maximum Gasteiger partial charge on any atom is 0.416 e. The molecule has 0 aromatic heterocycles. The average Bonchev–Trinajstić information content (AvgIpc) is 3.06. The van der Waals surface area contributed by atoms with Crippen LogP contribution in [0.2, 0.25) is 0 Å². The molecule has 8 heteroatoms. The monoisotopic (exact) mass is 560 g/mol. The van der Waals surface area contributed by atoms with Crippen LogP contribution in [-0.4, -0.2) is 14.1 Å². The maximum absolute atomic E-state index is 13.3. The Morgan fingerprint density at radius 3 is 2.00 bits per heavy atom. The van der Waals surface area contributed by atoms with Crippen molar-refractivity contribution in [1.82, 2.24) is 0 Å². The van der Waals surface area contributed by atoms with Gasteiger partial charge in [-0.25, -0.2) is 0 Å². The zero-order valence-electron chi connectivity index (χ0n) is 23.4. The van der Waals surface area contributed by atoms with E-state index in [4.69, 9.17) is 0 Å².